The molecule has 0 saturated heterocycles. The Morgan fingerprint density at radius 3 is 2.60 bits per heavy atom. The number of ether oxygens (including phenoxy) is 1. The average molecular weight is 285 g/mol. The highest BCUT2D eigenvalue weighted by atomic mass is 16.5. The molecule has 0 aromatic rings. The Bertz CT molecular complexity index is 289. The number of aliphatic carboxylic acids is 1. The van der Waals surface area contributed by atoms with E-state index < -0.39 is 11.5 Å². The summed E-state index contributed by atoms with van der Waals surface area (Å²) in [6.45, 7) is 4.83. The van der Waals surface area contributed by atoms with Gasteiger partial charge in [-0.2, -0.15) is 0 Å². The number of rotatable bonds is 9. The van der Waals surface area contributed by atoms with Crippen LogP contribution in [0.2, 0.25) is 0 Å². The van der Waals surface area contributed by atoms with E-state index in [1.54, 1.807) is 7.05 Å². The first-order valence-electron chi connectivity index (χ1n) is 8.13. The zero-order chi connectivity index (χ0) is 15.0. The Balaban J connectivity index is 2.34. The molecule has 2 N–H and O–H groups in total. The monoisotopic (exact) mass is 285 g/mol. The Morgan fingerprint density at radius 1 is 1.35 bits per heavy atom. The zero-order valence-electron chi connectivity index (χ0n) is 13.3. The molecule has 20 heavy (non-hydrogen) atoms. The van der Waals surface area contributed by atoms with Gasteiger partial charge >= 0.3 is 5.97 Å². The fraction of sp³-hybridized carbons (Fsp3) is 0.938. The molecule has 0 aliphatic heterocycles. The maximum atomic E-state index is 11.4. The van der Waals surface area contributed by atoms with Crippen LogP contribution in [0.25, 0.3) is 0 Å². The van der Waals surface area contributed by atoms with E-state index in [1.807, 2.05) is 6.92 Å². The number of hydrogen-bond donors (Lipinski definition) is 2. The quantitative estimate of drug-likeness (QED) is 0.639. The molecular formula is C16H31NO3. The summed E-state index contributed by atoms with van der Waals surface area (Å²) in [7, 11) is 1.73. The average Bonchev–Trinajstić information content (AvgIpc) is 2.48. The normalized spacial score (nSPS) is 26.1. The number of nitrogens with one attached hydrogen (secondary N) is 1. The van der Waals surface area contributed by atoms with Gasteiger partial charge in [-0.25, -0.2) is 0 Å². The van der Waals surface area contributed by atoms with Gasteiger partial charge in [-0.1, -0.05) is 33.1 Å². The van der Waals surface area contributed by atoms with Gasteiger partial charge in [0, 0.05) is 6.61 Å². The smallest absolute Gasteiger partial charge is 0.323 e. The van der Waals surface area contributed by atoms with Crippen LogP contribution in [0.5, 0.6) is 0 Å². The van der Waals surface area contributed by atoms with Crippen molar-refractivity contribution in [1.29, 1.82) is 0 Å². The van der Waals surface area contributed by atoms with Crippen molar-refractivity contribution < 1.29 is 14.6 Å². The molecule has 3 unspecified atom stereocenters. The van der Waals surface area contributed by atoms with Crippen LogP contribution in [0, 0.1) is 5.92 Å². The topological polar surface area (TPSA) is 58.6 Å². The highest BCUT2D eigenvalue weighted by Crippen LogP contribution is 2.29. The molecule has 0 amide bonds. The fourth-order valence-corrected chi connectivity index (χ4v) is 3.31. The van der Waals surface area contributed by atoms with Gasteiger partial charge in [-0.3, -0.25) is 4.79 Å². The molecule has 0 spiro atoms. The van der Waals surface area contributed by atoms with Crippen LogP contribution >= 0.6 is 0 Å². The lowest BCUT2D eigenvalue weighted by atomic mass is 9.84. The minimum absolute atomic E-state index is 0.393. The minimum atomic E-state index is -0.792. The maximum absolute atomic E-state index is 11.4. The summed E-state index contributed by atoms with van der Waals surface area (Å²) < 4.78 is 6.03. The summed E-state index contributed by atoms with van der Waals surface area (Å²) in [5.74, 6) is -0.0601. The lowest BCUT2D eigenvalue weighted by Crippen LogP contribution is -2.50. The van der Waals surface area contributed by atoms with Crippen molar-refractivity contribution in [2.45, 2.75) is 76.9 Å². The molecule has 118 valence electrons. The van der Waals surface area contributed by atoms with Crippen molar-refractivity contribution in [2.24, 2.45) is 5.92 Å². The third-order valence-electron chi connectivity index (χ3n) is 4.94. The van der Waals surface area contributed by atoms with Gasteiger partial charge in [0.15, 0.2) is 0 Å². The first-order chi connectivity index (χ1) is 9.59. The molecule has 4 heteroatoms. The Hall–Kier alpha value is -0.610. The summed E-state index contributed by atoms with van der Waals surface area (Å²) in [5.41, 5.74) is -0.792. The SMILES string of the molecule is CCC1CCCCC1OCCCC(CC)(NC)C(=O)O. The standard InChI is InChI=1S/C16H31NO3/c1-4-13-9-6-7-10-14(13)20-12-8-11-16(5-2,17-3)15(18)19/h13-14,17H,4-12H2,1-3H3,(H,18,19). The van der Waals surface area contributed by atoms with E-state index in [1.165, 1.54) is 32.1 Å². The van der Waals surface area contributed by atoms with E-state index in [2.05, 4.69) is 12.2 Å². The van der Waals surface area contributed by atoms with Crippen LogP contribution in [0.4, 0.5) is 0 Å². The van der Waals surface area contributed by atoms with Crippen molar-refractivity contribution in [3.05, 3.63) is 0 Å². The summed E-state index contributed by atoms with van der Waals surface area (Å²) in [6, 6.07) is 0. The van der Waals surface area contributed by atoms with E-state index in [0.29, 0.717) is 31.5 Å². The molecule has 1 aliphatic rings. The predicted octanol–water partition coefficient (Wildman–Crippen LogP) is 3.20. The molecule has 1 aliphatic carbocycles. The fourth-order valence-electron chi connectivity index (χ4n) is 3.31. The number of carbonyl (C=O) groups is 1. The predicted molar refractivity (Wildman–Crippen MR) is 80.9 cm³/mol. The van der Waals surface area contributed by atoms with Gasteiger partial charge in [0.05, 0.1) is 6.10 Å². The molecule has 1 fully saturated rings. The molecular weight excluding hydrogens is 254 g/mol. The molecule has 3 atom stereocenters. The van der Waals surface area contributed by atoms with Gasteiger partial charge in [0.1, 0.15) is 5.54 Å². The van der Waals surface area contributed by atoms with Gasteiger partial charge in [-0.05, 0) is 45.1 Å². The largest absolute Gasteiger partial charge is 0.480 e. The van der Waals surface area contributed by atoms with Crippen LogP contribution in [0.1, 0.15) is 65.2 Å². The van der Waals surface area contributed by atoms with Crippen LogP contribution in [-0.2, 0) is 9.53 Å². The summed E-state index contributed by atoms with van der Waals surface area (Å²) in [5, 5.41) is 12.3. The Morgan fingerprint density at radius 2 is 2.05 bits per heavy atom. The molecule has 1 saturated carbocycles. The van der Waals surface area contributed by atoms with E-state index >= 15 is 0 Å². The molecule has 0 aromatic carbocycles. The number of hydrogen-bond acceptors (Lipinski definition) is 3. The third kappa shape index (κ3) is 4.45. The zero-order valence-corrected chi connectivity index (χ0v) is 13.3. The summed E-state index contributed by atoms with van der Waals surface area (Å²) >= 11 is 0. The lowest BCUT2D eigenvalue weighted by molar-refractivity contribution is -0.145. The second-order valence-electron chi connectivity index (χ2n) is 5.96. The van der Waals surface area contributed by atoms with Crippen molar-refractivity contribution in [3.63, 3.8) is 0 Å². The number of likely N-dealkylation sites (N-methyl/N-ethyl adjacent to an activating group) is 1. The van der Waals surface area contributed by atoms with Gasteiger partial charge in [0.2, 0.25) is 0 Å². The second kappa shape index (κ2) is 8.63. The molecule has 0 heterocycles. The van der Waals surface area contributed by atoms with E-state index in [4.69, 9.17) is 4.74 Å². The van der Waals surface area contributed by atoms with Crippen LogP contribution < -0.4 is 5.32 Å². The van der Waals surface area contributed by atoms with E-state index in [-0.39, 0.29) is 0 Å². The van der Waals surface area contributed by atoms with Gasteiger partial charge in [0.25, 0.3) is 0 Å². The van der Waals surface area contributed by atoms with Crippen molar-refractivity contribution in [3.8, 4) is 0 Å². The first kappa shape index (κ1) is 17.4. The molecule has 0 radical (unpaired) electrons. The number of carboxylic acids is 1. The number of carboxylic acid groups (broad SMARTS) is 1. The minimum Gasteiger partial charge on any atom is -0.480 e. The Kier molecular flexibility index (Phi) is 7.52. The van der Waals surface area contributed by atoms with Crippen molar-refractivity contribution in [2.75, 3.05) is 13.7 Å². The maximum Gasteiger partial charge on any atom is 0.323 e. The Labute approximate surface area is 123 Å². The second-order valence-corrected chi connectivity index (χ2v) is 5.96. The highest BCUT2D eigenvalue weighted by Gasteiger charge is 2.34. The lowest BCUT2D eigenvalue weighted by Gasteiger charge is -2.32. The van der Waals surface area contributed by atoms with Gasteiger partial charge in [-0.15, -0.1) is 0 Å². The van der Waals surface area contributed by atoms with Gasteiger partial charge < -0.3 is 15.2 Å². The molecule has 1 rings (SSSR count). The summed E-state index contributed by atoms with van der Waals surface area (Å²) in [4.78, 5) is 11.4. The molecule has 0 aromatic heterocycles. The third-order valence-corrected chi connectivity index (χ3v) is 4.94. The first-order valence-corrected chi connectivity index (χ1v) is 8.13. The van der Waals surface area contributed by atoms with Crippen LogP contribution in [0.3, 0.4) is 0 Å². The van der Waals surface area contributed by atoms with Crippen LogP contribution in [0.15, 0.2) is 0 Å². The molecule has 0 bridgehead atoms. The van der Waals surface area contributed by atoms with Crippen molar-refractivity contribution >= 4 is 5.97 Å². The summed E-state index contributed by atoms with van der Waals surface area (Å²) in [6.07, 6.45) is 8.65. The van der Waals surface area contributed by atoms with E-state index in [9.17, 15) is 9.90 Å². The van der Waals surface area contributed by atoms with Crippen molar-refractivity contribution in [1.82, 2.24) is 5.32 Å². The highest BCUT2D eigenvalue weighted by molar-refractivity contribution is 5.78. The molecule has 4 nitrogen and oxygen atoms in total. The van der Waals surface area contributed by atoms with Crippen LogP contribution in [-0.4, -0.2) is 36.4 Å². The van der Waals surface area contributed by atoms with E-state index in [0.717, 1.165) is 6.42 Å².